The van der Waals surface area contributed by atoms with Crippen LogP contribution in [0.1, 0.15) is 42.5 Å². The van der Waals surface area contributed by atoms with Gasteiger partial charge in [-0.15, -0.1) is 0 Å². The van der Waals surface area contributed by atoms with E-state index in [0.717, 1.165) is 25.7 Å². The fraction of sp³-hybridized carbons (Fsp3) is 0.579. The first-order chi connectivity index (χ1) is 12.5. The maximum Gasteiger partial charge on any atom is 0.253 e. The van der Waals surface area contributed by atoms with Crippen molar-refractivity contribution in [2.75, 3.05) is 32.5 Å². The summed E-state index contributed by atoms with van der Waals surface area (Å²) in [6, 6.07) is 3.19. The van der Waals surface area contributed by atoms with Crippen LogP contribution < -0.4 is 5.32 Å². The Morgan fingerprint density at radius 2 is 1.81 bits per heavy atom. The van der Waals surface area contributed by atoms with Crippen LogP contribution in [0.2, 0.25) is 0 Å². The van der Waals surface area contributed by atoms with Crippen molar-refractivity contribution in [3.63, 3.8) is 0 Å². The molecule has 3 rings (SSSR count). The molecule has 1 saturated heterocycles. The molecule has 1 saturated carbocycles. The average molecular weight is 358 g/mol. The SMILES string of the molecule is CN(C)C(=O)c1ccnc(NC(=O)C2CN(C(=O)C3CCCCC3)C2)c1. The maximum absolute atomic E-state index is 12.4. The number of likely N-dealkylation sites (tertiary alicyclic amines) is 1. The van der Waals surface area contributed by atoms with Crippen LogP contribution >= 0.6 is 0 Å². The first kappa shape index (κ1) is 18.4. The van der Waals surface area contributed by atoms with Gasteiger partial charge in [0.05, 0.1) is 5.92 Å². The van der Waals surface area contributed by atoms with Gasteiger partial charge < -0.3 is 15.1 Å². The van der Waals surface area contributed by atoms with Gasteiger partial charge in [-0.2, -0.15) is 0 Å². The largest absolute Gasteiger partial charge is 0.345 e. The number of pyridine rings is 1. The zero-order valence-electron chi connectivity index (χ0n) is 15.4. The Morgan fingerprint density at radius 1 is 1.12 bits per heavy atom. The lowest BCUT2D eigenvalue weighted by Crippen LogP contribution is -2.56. The first-order valence-corrected chi connectivity index (χ1v) is 9.23. The van der Waals surface area contributed by atoms with Crippen molar-refractivity contribution in [3.8, 4) is 0 Å². The van der Waals surface area contributed by atoms with E-state index in [2.05, 4.69) is 10.3 Å². The van der Waals surface area contributed by atoms with Crippen molar-refractivity contribution in [1.29, 1.82) is 0 Å². The van der Waals surface area contributed by atoms with Gasteiger partial charge >= 0.3 is 0 Å². The van der Waals surface area contributed by atoms with E-state index in [-0.39, 0.29) is 29.6 Å². The minimum atomic E-state index is -0.211. The van der Waals surface area contributed by atoms with Gasteiger partial charge in [0.15, 0.2) is 0 Å². The number of nitrogens with zero attached hydrogens (tertiary/aromatic N) is 3. The lowest BCUT2D eigenvalue weighted by molar-refractivity contribution is -0.145. The smallest absolute Gasteiger partial charge is 0.253 e. The summed E-state index contributed by atoms with van der Waals surface area (Å²) in [6.07, 6.45) is 6.93. The van der Waals surface area contributed by atoms with Gasteiger partial charge in [-0.25, -0.2) is 4.98 Å². The van der Waals surface area contributed by atoms with E-state index in [0.29, 0.717) is 24.5 Å². The van der Waals surface area contributed by atoms with Crippen molar-refractivity contribution in [2.45, 2.75) is 32.1 Å². The summed E-state index contributed by atoms with van der Waals surface area (Å²) >= 11 is 0. The van der Waals surface area contributed by atoms with Crippen LogP contribution in [0.4, 0.5) is 5.82 Å². The molecule has 140 valence electrons. The molecule has 0 aromatic carbocycles. The predicted molar refractivity (Wildman–Crippen MR) is 97.5 cm³/mol. The summed E-state index contributed by atoms with van der Waals surface area (Å²) in [4.78, 5) is 44.2. The topological polar surface area (TPSA) is 82.6 Å². The second-order valence-corrected chi connectivity index (χ2v) is 7.39. The van der Waals surface area contributed by atoms with Crippen LogP contribution in [0.3, 0.4) is 0 Å². The number of hydrogen-bond donors (Lipinski definition) is 1. The standard InChI is InChI=1S/C19H26N4O3/c1-22(2)18(25)14-8-9-20-16(10-14)21-17(24)15-11-23(12-15)19(26)13-6-4-3-5-7-13/h8-10,13,15H,3-7,11-12H2,1-2H3,(H,20,21,24). The Hall–Kier alpha value is -2.44. The van der Waals surface area contributed by atoms with E-state index in [1.165, 1.54) is 17.5 Å². The molecule has 3 amide bonds. The maximum atomic E-state index is 12.4. The van der Waals surface area contributed by atoms with Gasteiger partial charge in [0.25, 0.3) is 5.91 Å². The van der Waals surface area contributed by atoms with Crippen LogP contribution in [0.25, 0.3) is 0 Å². The molecule has 0 radical (unpaired) electrons. The Balaban J connectivity index is 1.51. The Morgan fingerprint density at radius 3 is 2.46 bits per heavy atom. The van der Waals surface area contributed by atoms with Crippen LogP contribution in [0.15, 0.2) is 18.3 Å². The van der Waals surface area contributed by atoms with E-state index in [4.69, 9.17) is 0 Å². The highest BCUT2D eigenvalue weighted by atomic mass is 16.2. The zero-order chi connectivity index (χ0) is 18.7. The summed E-state index contributed by atoms with van der Waals surface area (Å²) in [7, 11) is 3.35. The van der Waals surface area contributed by atoms with Crippen molar-refractivity contribution in [3.05, 3.63) is 23.9 Å². The molecule has 1 aromatic heterocycles. The monoisotopic (exact) mass is 358 g/mol. The van der Waals surface area contributed by atoms with Crippen molar-refractivity contribution >= 4 is 23.5 Å². The van der Waals surface area contributed by atoms with E-state index in [1.807, 2.05) is 0 Å². The molecule has 7 heteroatoms. The van der Waals surface area contributed by atoms with Gasteiger partial charge in [0.2, 0.25) is 11.8 Å². The van der Waals surface area contributed by atoms with Crippen LogP contribution in [0.5, 0.6) is 0 Å². The fourth-order valence-electron chi connectivity index (χ4n) is 3.55. The van der Waals surface area contributed by atoms with Crippen molar-refractivity contribution in [1.82, 2.24) is 14.8 Å². The third-order valence-electron chi connectivity index (χ3n) is 5.18. The summed E-state index contributed by atoms with van der Waals surface area (Å²) in [5.74, 6) is 0.196. The quantitative estimate of drug-likeness (QED) is 0.889. The molecule has 2 heterocycles. The number of aromatic nitrogens is 1. The molecule has 0 bridgehead atoms. The third-order valence-corrected chi connectivity index (χ3v) is 5.18. The van der Waals surface area contributed by atoms with E-state index < -0.39 is 0 Å². The van der Waals surface area contributed by atoms with Gasteiger partial charge in [-0.1, -0.05) is 19.3 Å². The number of nitrogens with one attached hydrogen (secondary N) is 1. The lowest BCUT2D eigenvalue weighted by Gasteiger charge is -2.40. The van der Waals surface area contributed by atoms with Crippen molar-refractivity contribution in [2.24, 2.45) is 11.8 Å². The van der Waals surface area contributed by atoms with Crippen LogP contribution in [0, 0.1) is 11.8 Å². The average Bonchev–Trinajstić information content (AvgIpc) is 2.60. The summed E-state index contributed by atoms with van der Waals surface area (Å²) < 4.78 is 0. The molecule has 1 aliphatic carbocycles. The van der Waals surface area contributed by atoms with Crippen LogP contribution in [-0.2, 0) is 9.59 Å². The van der Waals surface area contributed by atoms with Gasteiger partial charge in [-0.3, -0.25) is 14.4 Å². The molecular weight excluding hydrogens is 332 g/mol. The molecule has 0 unspecified atom stereocenters. The van der Waals surface area contributed by atoms with Gasteiger partial charge in [0.1, 0.15) is 5.82 Å². The minimum absolute atomic E-state index is 0.142. The van der Waals surface area contributed by atoms with Crippen molar-refractivity contribution < 1.29 is 14.4 Å². The number of carbonyl (C=O) groups is 3. The molecule has 1 aliphatic heterocycles. The van der Waals surface area contributed by atoms with Crippen LogP contribution in [-0.4, -0.2) is 59.7 Å². The molecule has 26 heavy (non-hydrogen) atoms. The Labute approximate surface area is 153 Å². The second kappa shape index (κ2) is 7.85. The first-order valence-electron chi connectivity index (χ1n) is 9.23. The number of hydrogen-bond acceptors (Lipinski definition) is 4. The summed E-state index contributed by atoms with van der Waals surface area (Å²) in [6.45, 7) is 0.939. The Kier molecular flexibility index (Phi) is 5.54. The minimum Gasteiger partial charge on any atom is -0.345 e. The van der Waals surface area contributed by atoms with E-state index >= 15 is 0 Å². The molecule has 2 fully saturated rings. The van der Waals surface area contributed by atoms with Gasteiger partial charge in [-0.05, 0) is 25.0 Å². The summed E-state index contributed by atoms with van der Waals surface area (Å²) in [5.41, 5.74) is 0.475. The fourth-order valence-corrected chi connectivity index (χ4v) is 3.55. The number of rotatable bonds is 4. The lowest BCUT2D eigenvalue weighted by atomic mass is 9.86. The second-order valence-electron chi connectivity index (χ2n) is 7.39. The molecule has 2 aliphatic rings. The number of carbonyl (C=O) groups excluding carboxylic acids is 3. The number of amides is 3. The normalized spacial score (nSPS) is 18.2. The molecule has 1 N–H and O–H groups in total. The predicted octanol–water partition coefficient (Wildman–Crippen LogP) is 1.76. The third kappa shape index (κ3) is 4.03. The van der Waals surface area contributed by atoms with E-state index in [9.17, 15) is 14.4 Å². The highest BCUT2D eigenvalue weighted by Gasteiger charge is 2.38. The molecular formula is C19H26N4O3. The molecule has 7 nitrogen and oxygen atoms in total. The van der Waals surface area contributed by atoms with Gasteiger partial charge in [0, 0.05) is 44.9 Å². The molecule has 1 aromatic rings. The zero-order valence-corrected chi connectivity index (χ0v) is 15.4. The highest BCUT2D eigenvalue weighted by molar-refractivity contribution is 5.97. The highest BCUT2D eigenvalue weighted by Crippen LogP contribution is 2.28. The Bertz CT molecular complexity index is 692. The molecule has 0 spiro atoms. The number of anilines is 1. The summed E-state index contributed by atoms with van der Waals surface area (Å²) in [5, 5.41) is 2.76. The van der Waals surface area contributed by atoms with E-state index in [1.54, 1.807) is 31.1 Å². The molecule has 0 atom stereocenters.